The summed E-state index contributed by atoms with van der Waals surface area (Å²) in [7, 11) is 0. The third-order valence-electron chi connectivity index (χ3n) is 1.32. The van der Waals surface area contributed by atoms with Crippen molar-refractivity contribution >= 4 is 11.7 Å². The first-order chi connectivity index (χ1) is 5.66. The Labute approximate surface area is 68.1 Å². The molecule has 0 unspecified atom stereocenters. The van der Waals surface area contributed by atoms with Gasteiger partial charge in [-0.25, -0.2) is 4.79 Å². The van der Waals surface area contributed by atoms with E-state index in [0.29, 0.717) is 0 Å². The van der Waals surface area contributed by atoms with Crippen molar-refractivity contribution in [1.29, 1.82) is 5.26 Å². The molecule has 1 heterocycles. The summed E-state index contributed by atoms with van der Waals surface area (Å²) in [5, 5.41) is 17.1. The summed E-state index contributed by atoms with van der Waals surface area (Å²) in [5.74, 6) is -1.20. The third kappa shape index (κ3) is 1.18. The number of nitrogens with two attached hydrogens (primary N) is 1. The Hall–Kier alpha value is -2.09. The van der Waals surface area contributed by atoms with E-state index in [0.717, 1.165) is 6.20 Å². The van der Waals surface area contributed by atoms with Gasteiger partial charge in [0.15, 0.2) is 0 Å². The smallest absolute Gasteiger partial charge is 0.338 e. The van der Waals surface area contributed by atoms with Crippen molar-refractivity contribution in [1.82, 2.24) is 4.98 Å². The highest BCUT2D eigenvalue weighted by Gasteiger charge is 2.12. The van der Waals surface area contributed by atoms with E-state index in [1.807, 2.05) is 0 Å². The molecule has 0 fully saturated rings. The molecule has 3 N–H and O–H groups in total. The molecule has 60 valence electrons. The van der Waals surface area contributed by atoms with Crippen LogP contribution in [0.1, 0.15) is 15.9 Å². The molecule has 0 aromatic carbocycles. The molecular weight excluding hydrogens is 158 g/mol. The van der Waals surface area contributed by atoms with Crippen molar-refractivity contribution in [3.8, 4) is 6.07 Å². The summed E-state index contributed by atoms with van der Waals surface area (Å²) in [6.07, 6.45) is 2.34. The van der Waals surface area contributed by atoms with Gasteiger partial charge in [-0.1, -0.05) is 0 Å². The molecule has 0 aliphatic heterocycles. The van der Waals surface area contributed by atoms with Crippen LogP contribution in [-0.2, 0) is 0 Å². The summed E-state index contributed by atoms with van der Waals surface area (Å²) in [6.45, 7) is 0. The Morgan fingerprint density at radius 2 is 2.33 bits per heavy atom. The lowest BCUT2D eigenvalue weighted by Gasteiger charge is -1.98. The quantitative estimate of drug-likeness (QED) is 0.617. The van der Waals surface area contributed by atoms with Gasteiger partial charge in [-0.3, -0.25) is 4.98 Å². The van der Waals surface area contributed by atoms with E-state index in [2.05, 4.69) is 4.98 Å². The van der Waals surface area contributed by atoms with E-state index in [-0.39, 0.29) is 16.8 Å². The SMILES string of the molecule is N#Cc1c(N)cncc1C(=O)O. The number of pyridine rings is 1. The molecule has 0 saturated carbocycles. The maximum atomic E-state index is 10.5. The van der Waals surface area contributed by atoms with Gasteiger partial charge in [0, 0.05) is 6.20 Å². The van der Waals surface area contributed by atoms with Crippen LogP contribution >= 0.6 is 0 Å². The standard InChI is InChI=1S/C7H5N3O2/c8-1-4-5(7(11)12)2-10-3-6(4)9/h2-3H,9H2,(H,11,12). The number of hydrogen-bond acceptors (Lipinski definition) is 4. The van der Waals surface area contributed by atoms with Crippen LogP contribution in [0.4, 0.5) is 5.69 Å². The number of anilines is 1. The molecule has 0 saturated heterocycles. The third-order valence-corrected chi connectivity index (χ3v) is 1.32. The van der Waals surface area contributed by atoms with Crippen molar-refractivity contribution in [3.05, 3.63) is 23.5 Å². The first kappa shape index (κ1) is 8.01. The molecule has 1 aromatic heterocycles. The second-order valence-corrected chi connectivity index (χ2v) is 2.07. The van der Waals surface area contributed by atoms with Crippen molar-refractivity contribution in [3.63, 3.8) is 0 Å². The average Bonchev–Trinajstić information content (AvgIpc) is 2.03. The molecule has 0 spiro atoms. The molecule has 1 rings (SSSR count). The fourth-order valence-electron chi connectivity index (χ4n) is 0.764. The molecule has 0 aliphatic rings. The van der Waals surface area contributed by atoms with Crippen molar-refractivity contribution in [2.45, 2.75) is 0 Å². The molecule has 0 radical (unpaired) electrons. The van der Waals surface area contributed by atoms with Crippen LogP contribution in [0.2, 0.25) is 0 Å². The van der Waals surface area contributed by atoms with E-state index in [9.17, 15) is 4.79 Å². The van der Waals surface area contributed by atoms with Crippen LogP contribution in [-0.4, -0.2) is 16.1 Å². The molecule has 0 bridgehead atoms. The predicted octanol–water partition coefficient (Wildman–Crippen LogP) is 0.234. The van der Waals surface area contributed by atoms with Gasteiger partial charge in [-0.2, -0.15) is 5.26 Å². The Kier molecular flexibility index (Phi) is 1.92. The van der Waals surface area contributed by atoms with Gasteiger partial charge >= 0.3 is 5.97 Å². The molecule has 0 aliphatic carbocycles. The highest BCUT2D eigenvalue weighted by molar-refractivity contribution is 5.92. The Balaban J connectivity index is 3.40. The molecule has 5 nitrogen and oxygen atoms in total. The number of hydrogen-bond donors (Lipinski definition) is 2. The lowest BCUT2D eigenvalue weighted by Crippen LogP contribution is -2.04. The number of nitriles is 1. The van der Waals surface area contributed by atoms with Crippen LogP contribution in [0.3, 0.4) is 0 Å². The summed E-state index contributed by atoms with van der Waals surface area (Å²) in [6, 6.07) is 1.70. The van der Waals surface area contributed by atoms with Gasteiger partial charge in [0.25, 0.3) is 0 Å². The lowest BCUT2D eigenvalue weighted by molar-refractivity contribution is 0.0696. The number of aromatic nitrogens is 1. The van der Waals surface area contributed by atoms with Crippen LogP contribution in [0.15, 0.2) is 12.4 Å². The van der Waals surface area contributed by atoms with Crippen LogP contribution in [0, 0.1) is 11.3 Å². The average molecular weight is 163 g/mol. The van der Waals surface area contributed by atoms with Crippen LogP contribution < -0.4 is 5.73 Å². The molecule has 1 aromatic rings. The number of carboxylic acids is 1. The van der Waals surface area contributed by atoms with Gasteiger partial charge in [0.2, 0.25) is 0 Å². The van der Waals surface area contributed by atoms with Crippen molar-refractivity contribution in [2.24, 2.45) is 0 Å². The van der Waals surface area contributed by atoms with Gasteiger partial charge in [0.1, 0.15) is 6.07 Å². The van der Waals surface area contributed by atoms with Gasteiger partial charge in [-0.05, 0) is 0 Å². The second kappa shape index (κ2) is 2.88. The summed E-state index contributed by atoms with van der Waals surface area (Å²) in [5.41, 5.74) is 5.19. The number of carboxylic acid groups (broad SMARTS) is 1. The van der Waals surface area contributed by atoms with Gasteiger partial charge in [-0.15, -0.1) is 0 Å². The largest absolute Gasteiger partial charge is 0.478 e. The molecule has 0 amide bonds. The summed E-state index contributed by atoms with van der Waals surface area (Å²) < 4.78 is 0. The molecule has 0 atom stereocenters. The maximum Gasteiger partial charge on any atom is 0.338 e. The van der Waals surface area contributed by atoms with E-state index in [1.165, 1.54) is 6.20 Å². The van der Waals surface area contributed by atoms with Crippen LogP contribution in [0.5, 0.6) is 0 Å². The Bertz CT molecular complexity index is 367. The fourth-order valence-corrected chi connectivity index (χ4v) is 0.764. The van der Waals surface area contributed by atoms with E-state index in [4.69, 9.17) is 16.1 Å². The van der Waals surface area contributed by atoms with Crippen molar-refractivity contribution in [2.75, 3.05) is 5.73 Å². The highest BCUT2D eigenvalue weighted by Crippen LogP contribution is 2.13. The molecular formula is C7H5N3O2. The minimum atomic E-state index is -1.20. The normalized spacial score (nSPS) is 8.92. The number of nitrogens with zero attached hydrogens (tertiary/aromatic N) is 2. The Morgan fingerprint density at radius 3 is 2.75 bits per heavy atom. The minimum absolute atomic E-state index is 0.0440. The van der Waals surface area contributed by atoms with Gasteiger partial charge < -0.3 is 10.8 Å². The van der Waals surface area contributed by atoms with E-state index in [1.54, 1.807) is 6.07 Å². The summed E-state index contributed by atoms with van der Waals surface area (Å²) >= 11 is 0. The molecule has 5 heteroatoms. The highest BCUT2D eigenvalue weighted by atomic mass is 16.4. The Morgan fingerprint density at radius 1 is 1.67 bits per heavy atom. The number of carbonyl (C=O) groups is 1. The number of aromatic carboxylic acids is 1. The van der Waals surface area contributed by atoms with E-state index < -0.39 is 5.97 Å². The number of nitrogen functional groups attached to an aromatic ring is 1. The molecule has 12 heavy (non-hydrogen) atoms. The monoisotopic (exact) mass is 163 g/mol. The lowest BCUT2D eigenvalue weighted by atomic mass is 10.1. The maximum absolute atomic E-state index is 10.5. The second-order valence-electron chi connectivity index (χ2n) is 2.07. The topological polar surface area (TPSA) is 100 Å². The first-order valence-electron chi connectivity index (χ1n) is 3.03. The predicted molar refractivity (Wildman–Crippen MR) is 40.3 cm³/mol. The first-order valence-corrected chi connectivity index (χ1v) is 3.03. The number of rotatable bonds is 1. The zero-order valence-electron chi connectivity index (χ0n) is 5.98. The summed E-state index contributed by atoms with van der Waals surface area (Å²) in [4.78, 5) is 14.0. The van der Waals surface area contributed by atoms with Crippen molar-refractivity contribution < 1.29 is 9.90 Å². The zero-order valence-corrected chi connectivity index (χ0v) is 5.98. The van der Waals surface area contributed by atoms with Gasteiger partial charge in [0.05, 0.1) is 23.0 Å². The fraction of sp³-hybridized carbons (Fsp3) is 0. The van der Waals surface area contributed by atoms with Crippen LogP contribution in [0.25, 0.3) is 0 Å². The zero-order chi connectivity index (χ0) is 9.14. The van der Waals surface area contributed by atoms with E-state index >= 15 is 0 Å². The minimum Gasteiger partial charge on any atom is -0.478 e.